The number of nitrogens with zero attached hydrogens (tertiary/aromatic N) is 1. The number of thioether (sulfide) groups is 1. The fourth-order valence-electron chi connectivity index (χ4n) is 4.26. The van der Waals surface area contributed by atoms with Crippen molar-refractivity contribution in [3.63, 3.8) is 0 Å². The molecule has 0 bridgehead atoms. The van der Waals surface area contributed by atoms with Gasteiger partial charge >= 0.3 is 0 Å². The van der Waals surface area contributed by atoms with Crippen molar-refractivity contribution >= 4 is 17.7 Å². The number of amides is 1. The smallest absolute Gasteiger partial charge is 0.244 e. The highest BCUT2D eigenvalue weighted by atomic mass is 32.2. The molecule has 3 nitrogen and oxygen atoms in total. The molecular formula is C17H30N2OS. The highest BCUT2D eigenvalue weighted by Crippen LogP contribution is 2.47. The topological polar surface area (TPSA) is 32.3 Å². The standard InChI is InChI=1S/C17H30N2OS/c1-4-16(5-2,21-3)12-19-14(13-8-6-7-9-13)18-17(10-11-17)15(19)20/h13-14,18H,4-12H2,1-3H3. The lowest BCUT2D eigenvalue weighted by Crippen LogP contribution is -2.49. The average Bonchev–Trinajstić information content (AvgIpc) is 3.00. The first-order valence-electron chi connectivity index (χ1n) is 8.74. The van der Waals surface area contributed by atoms with Gasteiger partial charge in [0.15, 0.2) is 0 Å². The Kier molecular flexibility index (Phi) is 4.30. The molecule has 2 saturated carbocycles. The molecule has 1 amide bonds. The van der Waals surface area contributed by atoms with Crippen LogP contribution in [0.15, 0.2) is 0 Å². The van der Waals surface area contributed by atoms with Gasteiger partial charge in [-0.25, -0.2) is 0 Å². The summed E-state index contributed by atoms with van der Waals surface area (Å²) in [5.74, 6) is 1.09. The van der Waals surface area contributed by atoms with E-state index in [1.54, 1.807) is 0 Å². The Morgan fingerprint density at radius 3 is 2.38 bits per heavy atom. The van der Waals surface area contributed by atoms with Crippen molar-refractivity contribution in [3.8, 4) is 0 Å². The van der Waals surface area contributed by atoms with Gasteiger partial charge in [-0.15, -0.1) is 0 Å². The second kappa shape index (κ2) is 5.77. The molecule has 1 atom stereocenters. The first kappa shape index (κ1) is 15.7. The molecule has 4 heteroatoms. The van der Waals surface area contributed by atoms with Crippen LogP contribution < -0.4 is 5.32 Å². The number of hydrogen-bond donors (Lipinski definition) is 1. The maximum atomic E-state index is 12.9. The minimum Gasteiger partial charge on any atom is -0.324 e. The van der Waals surface area contributed by atoms with Crippen molar-refractivity contribution in [2.45, 2.75) is 81.7 Å². The monoisotopic (exact) mass is 310 g/mol. The minimum absolute atomic E-state index is 0.154. The molecular weight excluding hydrogens is 280 g/mol. The van der Waals surface area contributed by atoms with E-state index in [1.807, 2.05) is 11.8 Å². The Morgan fingerprint density at radius 1 is 1.29 bits per heavy atom. The Labute approximate surface area is 133 Å². The molecule has 0 aromatic rings. The van der Waals surface area contributed by atoms with Gasteiger partial charge in [0.25, 0.3) is 0 Å². The zero-order chi connectivity index (χ0) is 15.1. The van der Waals surface area contributed by atoms with Crippen molar-refractivity contribution < 1.29 is 4.79 Å². The van der Waals surface area contributed by atoms with Crippen molar-refractivity contribution in [2.24, 2.45) is 5.92 Å². The largest absolute Gasteiger partial charge is 0.324 e. The van der Waals surface area contributed by atoms with Crippen molar-refractivity contribution in [2.75, 3.05) is 12.8 Å². The van der Waals surface area contributed by atoms with Crippen LogP contribution in [0.25, 0.3) is 0 Å². The summed E-state index contributed by atoms with van der Waals surface area (Å²) in [4.78, 5) is 15.2. The molecule has 0 aromatic heterocycles. The normalized spacial score (nSPS) is 28.8. The zero-order valence-corrected chi connectivity index (χ0v) is 14.6. The fourth-order valence-corrected chi connectivity index (χ4v) is 5.11. The van der Waals surface area contributed by atoms with E-state index < -0.39 is 0 Å². The van der Waals surface area contributed by atoms with E-state index in [2.05, 4.69) is 30.3 Å². The van der Waals surface area contributed by atoms with Crippen LogP contribution in [0.3, 0.4) is 0 Å². The second-order valence-electron chi connectivity index (χ2n) is 7.24. The Bertz CT molecular complexity index is 389. The van der Waals surface area contributed by atoms with E-state index in [4.69, 9.17) is 0 Å². The number of carbonyl (C=O) groups excluding carboxylic acids is 1. The first-order chi connectivity index (χ1) is 10.1. The summed E-state index contributed by atoms with van der Waals surface area (Å²) in [5, 5.41) is 3.75. The van der Waals surface area contributed by atoms with E-state index >= 15 is 0 Å². The van der Waals surface area contributed by atoms with E-state index in [0.717, 1.165) is 32.2 Å². The van der Waals surface area contributed by atoms with Gasteiger partial charge in [0.1, 0.15) is 0 Å². The Balaban J connectivity index is 1.80. The van der Waals surface area contributed by atoms with Gasteiger partial charge in [-0.1, -0.05) is 26.7 Å². The number of hydrogen-bond acceptors (Lipinski definition) is 3. The molecule has 1 aliphatic heterocycles. The van der Waals surface area contributed by atoms with Crippen LogP contribution in [0.4, 0.5) is 0 Å². The summed E-state index contributed by atoms with van der Waals surface area (Å²) < 4.78 is 0.231. The summed E-state index contributed by atoms with van der Waals surface area (Å²) in [5.41, 5.74) is -0.154. The highest BCUT2D eigenvalue weighted by Gasteiger charge is 2.60. The lowest BCUT2D eigenvalue weighted by molar-refractivity contribution is -0.131. The quantitative estimate of drug-likeness (QED) is 0.816. The van der Waals surface area contributed by atoms with E-state index in [9.17, 15) is 4.79 Å². The Morgan fingerprint density at radius 2 is 1.90 bits per heavy atom. The van der Waals surface area contributed by atoms with Gasteiger partial charge in [-0.2, -0.15) is 11.8 Å². The lowest BCUT2D eigenvalue weighted by Gasteiger charge is -2.38. The summed E-state index contributed by atoms with van der Waals surface area (Å²) in [6.45, 7) is 5.47. The SMILES string of the molecule is CCC(CC)(CN1C(=O)C2(CC2)NC1C1CCCC1)SC. The third-order valence-corrected chi connectivity index (χ3v) is 7.78. The fraction of sp³-hybridized carbons (Fsp3) is 0.941. The third-order valence-electron chi connectivity index (χ3n) is 6.21. The number of rotatable bonds is 6. The van der Waals surface area contributed by atoms with Crippen LogP contribution in [0.5, 0.6) is 0 Å². The maximum absolute atomic E-state index is 12.9. The van der Waals surface area contributed by atoms with Crippen molar-refractivity contribution in [1.82, 2.24) is 10.2 Å². The maximum Gasteiger partial charge on any atom is 0.244 e. The summed E-state index contributed by atoms with van der Waals surface area (Å²) in [6, 6.07) is 0. The number of nitrogens with one attached hydrogen (secondary N) is 1. The Hall–Kier alpha value is -0.220. The molecule has 1 heterocycles. The molecule has 3 aliphatic rings. The molecule has 0 radical (unpaired) electrons. The van der Waals surface area contributed by atoms with Crippen LogP contribution >= 0.6 is 11.8 Å². The minimum atomic E-state index is -0.154. The van der Waals surface area contributed by atoms with E-state index in [0.29, 0.717) is 18.0 Å². The third kappa shape index (κ3) is 2.63. The van der Waals surface area contributed by atoms with Gasteiger partial charge in [0.05, 0.1) is 11.7 Å². The van der Waals surface area contributed by atoms with Gasteiger partial charge in [-0.05, 0) is 50.7 Å². The van der Waals surface area contributed by atoms with Gasteiger partial charge in [0, 0.05) is 11.3 Å². The molecule has 1 spiro atoms. The van der Waals surface area contributed by atoms with Gasteiger partial charge in [0.2, 0.25) is 5.91 Å². The summed E-state index contributed by atoms with van der Waals surface area (Å²) >= 11 is 1.95. The summed E-state index contributed by atoms with van der Waals surface area (Å²) in [7, 11) is 0. The molecule has 21 heavy (non-hydrogen) atoms. The molecule has 2 aliphatic carbocycles. The van der Waals surface area contributed by atoms with Crippen molar-refractivity contribution in [3.05, 3.63) is 0 Å². The first-order valence-corrected chi connectivity index (χ1v) is 9.96. The van der Waals surface area contributed by atoms with Crippen LogP contribution in [-0.4, -0.2) is 40.1 Å². The van der Waals surface area contributed by atoms with E-state index in [1.165, 1.54) is 25.7 Å². The predicted molar refractivity (Wildman–Crippen MR) is 89.4 cm³/mol. The zero-order valence-electron chi connectivity index (χ0n) is 13.8. The summed E-state index contributed by atoms with van der Waals surface area (Å²) in [6.07, 6.45) is 12.2. The van der Waals surface area contributed by atoms with Crippen LogP contribution in [0.2, 0.25) is 0 Å². The highest BCUT2D eigenvalue weighted by molar-refractivity contribution is 8.00. The molecule has 1 N–H and O–H groups in total. The predicted octanol–water partition coefficient (Wildman–Crippen LogP) is 3.39. The van der Waals surface area contributed by atoms with Crippen LogP contribution in [0, 0.1) is 5.92 Å². The molecule has 120 valence electrons. The molecule has 0 aromatic carbocycles. The lowest BCUT2D eigenvalue weighted by atomic mass is 9.99. The molecule has 3 rings (SSSR count). The average molecular weight is 311 g/mol. The molecule has 1 saturated heterocycles. The number of carbonyl (C=O) groups is 1. The van der Waals surface area contributed by atoms with Crippen LogP contribution in [0.1, 0.15) is 65.2 Å². The van der Waals surface area contributed by atoms with Crippen LogP contribution in [-0.2, 0) is 4.79 Å². The van der Waals surface area contributed by atoms with Crippen molar-refractivity contribution in [1.29, 1.82) is 0 Å². The van der Waals surface area contributed by atoms with Gasteiger partial charge in [-0.3, -0.25) is 10.1 Å². The molecule has 1 unspecified atom stereocenters. The second-order valence-corrected chi connectivity index (χ2v) is 8.52. The van der Waals surface area contributed by atoms with Gasteiger partial charge < -0.3 is 4.90 Å². The van der Waals surface area contributed by atoms with E-state index in [-0.39, 0.29) is 10.3 Å². The molecule has 3 fully saturated rings.